The number of quaternary nitrogens is 1. The van der Waals surface area contributed by atoms with Gasteiger partial charge in [0.1, 0.15) is 17.7 Å². The first kappa shape index (κ1) is 17.3. The number of nitrogens with one attached hydrogen (secondary N) is 2. The molecule has 2 aromatic heterocycles. The molecule has 4 rings (SSSR count). The van der Waals surface area contributed by atoms with E-state index in [0.29, 0.717) is 0 Å². The van der Waals surface area contributed by atoms with Crippen molar-refractivity contribution in [2.45, 2.75) is 12.5 Å². The molecule has 0 spiro atoms. The van der Waals surface area contributed by atoms with E-state index in [4.69, 9.17) is 0 Å². The van der Waals surface area contributed by atoms with E-state index >= 15 is 0 Å². The van der Waals surface area contributed by atoms with Gasteiger partial charge in [-0.05, 0) is 35.0 Å². The predicted molar refractivity (Wildman–Crippen MR) is 99.9 cm³/mol. The van der Waals surface area contributed by atoms with Gasteiger partial charge in [0.25, 0.3) is 5.91 Å². The molecule has 3 heterocycles. The van der Waals surface area contributed by atoms with Gasteiger partial charge in [-0.25, -0.2) is 8.78 Å². The molecule has 1 aromatic carbocycles. The van der Waals surface area contributed by atoms with E-state index in [9.17, 15) is 13.6 Å². The summed E-state index contributed by atoms with van der Waals surface area (Å²) in [6.45, 7) is 1.03. The number of thiophene rings is 2. The van der Waals surface area contributed by atoms with Gasteiger partial charge in [0.05, 0.1) is 17.1 Å². The van der Waals surface area contributed by atoms with Crippen LogP contribution in [-0.2, 0) is 11.2 Å². The molecule has 1 amide bonds. The van der Waals surface area contributed by atoms with Gasteiger partial charge in [0, 0.05) is 22.9 Å². The Morgan fingerprint density at radius 3 is 2.88 bits per heavy atom. The number of rotatable bonds is 4. The zero-order valence-corrected chi connectivity index (χ0v) is 15.4. The molecule has 26 heavy (non-hydrogen) atoms. The lowest BCUT2D eigenvalue weighted by atomic mass is 9.98. The van der Waals surface area contributed by atoms with Crippen LogP contribution in [0, 0.1) is 11.6 Å². The Labute approximate surface area is 157 Å². The highest BCUT2D eigenvalue weighted by Gasteiger charge is 2.35. The fraction of sp³-hybridized carbons (Fsp3) is 0.211. The molecule has 3 aromatic rings. The first-order valence-electron chi connectivity index (χ1n) is 8.31. The molecule has 3 nitrogen and oxygen atoms in total. The maximum Gasteiger partial charge on any atom is 0.279 e. The summed E-state index contributed by atoms with van der Waals surface area (Å²) in [4.78, 5) is 16.2. The summed E-state index contributed by atoms with van der Waals surface area (Å²) in [5.74, 6) is -1.53. The highest BCUT2D eigenvalue weighted by atomic mass is 32.1. The normalized spacial score (nSPS) is 19.2. The Kier molecular flexibility index (Phi) is 4.84. The molecule has 0 saturated heterocycles. The Morgan fingerprint density at radius 1 is 1.19 bits per heavy atom. The number of anilines is 1. The molecular weight excluding hydrogens is 374 g/mol. The zero-order valence-electron chi connectivity index (χ0n) is 13.8. The molecule has 0 aliphatic carbocycles. The molecular formula is C19H17F2N2OS2+. The summed E-state index contributed by atoms with van der Waals surface area (Å²) >= 11 is 3.43. The van der Waals surface area contributed by atoms with Gasteiger partial charge in [-0.1, -0.05) is 6.07 Å². The van der Waals surface area contributed by atoms with E-state index in [1.165, 1.54) is 15.3 Å². The monoisotopic (exact) mass is 391 g/mol. The lowest BCUT2D eigenvalue weighted by molar-refractivity contribution is -0.919. The quantitative estimate of drug-likeness (QED) is 0.703. The first-order valence-corrected chi connectivity index (χ1v) is 10.1. The Bertz CT molecular complexity index is 924. The maximum absolute atomic E-state index is 13.8. The summed E-state index contributed by atoms with van der Waals surface area (Å²) in [5, 5.41) is 6.64. The third kappa shape index (κ3) is 3.42. The molecule has 1 aliphatic heterocycles. The van der Waals surface area contributed by atoms with Crippen LogP contribution in [0.15, 0.2) is 47.2 Å². The van der Waals surface area contributed by atoms with Crippen molar-refractivity contribution in [3.05, 3.63) is 74.1 Å². The summed E-state index contributed by atoms with van der Waals surface area (Å²) in [6.07, 6.45) is 0.922. The molecule has 0 fully saturated rings. The second kappa shape index (κ2) is 7.26. The molecule has 7 heteroatoms. The minimum atomic E-state index is -0.636. The van der Waals surface area contributed by atoms with Crippen molar-refractivity contribution in [2.24, 2.45) is 0 Å². The van der Waals surface area contributed by atoms with E-state index in [2.05, 4.69) is 22.8 Å². The van der Waals surface area contributed by atoms with E-state index in [1.54, 1.807) is 22.7 Å². The van der Waals surface area contributed by atoms with Crippen LogP contribution < -0.4 is 10.2 Å². The minimum Gasteiger partial charge on any atom is -0.319 e. The van der Waals surface area contributed by atoms with Crippen molar-refractivity contribution >= 4 is 34.3 Å². The summed E-state index contributed by atoms with van der Waals surface area (Å²) in [6, 6.07) is 9.40. The molecule has 0 saturated carbocycles. The number of amides is 1. The average Bonchev–Trinajstić information content (AvgIpc) is 3.29. The molecule has 134 valence electrons. The van der Waals surface area contributed by atoms with Crippen LogP contribution in [0.1, 0.15) is 21.4 Å². The molecule has 2 atom stereocenters. The lowest BCUT2D eigenvalue weighted by Crippen LogP contribution is -3.14. The molecule has 1 aliphatic rings. The second-order valence-corrected chi connectivity index (χ2v) is 8.23. The fourth-order valence-corrected chi connectivity index (χ4v) is 5.27. The Hall–Kier alpha value is -2.09. The number of carbonyl (C=O) groups is 1. The van der Waals surface area contributed by atoms with Crippen molar-refractivity contribution in [3.8, 4) is 0 Å². The van der Waals surface area contributed by atoms with E-state index in [1.807, 2.05) is 11.4 Å². The number of hydrogen-bond donors (Lipinski definition) is 2. The predicted octanol–water partition coefficient (Wildman–Crippen LogP) is 3.26. The van der Waals surface area contributed by atoms with Crippen LogP contribution in [-0.4, -0.2) is 19.0 Å². The second-order valence-electron chi connectivity index (χ2n) is 6.25. The third-order valence-electron chi connectivity index (χ3n) is 4.59. The van der Waals surface area contributed by atoms with E-state index < -0.39 is 11.6 Å². The van der Waals surface area contributed by atoms with E-state index in [0.717, 1.165) is 36.1 Å². The highest BCUT2D eigenvalue weighted by molar-refractivity contribution is 7.10. The number of hydrogen-bond acceptors (Lipinski definition) is 3. The molecule has 2 N–H and O–H groups in total. The average molecular weight is 391 g/mol. The SMILES string of the molecule is O=C(C[NH+]1CCc2sccc2[C@@H]1c1cccs1)Nc1cc(F)ccc1F. The topological polar surface area (TPSA) is 33.5 Å². The number of benzene rings is 1. The van der Waals surface area contributed by atoms with Crippen LogP contribution in [0.4, 0.5) is 14.5 Å². The van der Waals surface area contributed by atoms with Gasteiger partial charge >= 0.3 is 0 Å². The maximum atomic E-state index is 13.8. The first-order chi connectivity index (χ1) is 12.6. The van der Waals surface area contributed by atoms with Crippen molar-refractivity contribution in [1.82, 2.24) is 0 Å². The molecule has 0 bridgehead atoms. The molecule has 1 unspecified atom stereocenters. The smallest absolute Gasteiger partial charge is 0.279 e. The van der Waals surface area contributed by atoms with Crippen LogP contribution in [0.25, 0.3) is 0 Å². The number of halogens is 2. The van der Waals surface area contributed by atoms with Gasteiger partial charge in [-0.15, -0.1) is 22.7 Å². The standard InChI is InChI=1S/C19H16F2N2OS2/c20-12-3-4-14(21)15(10-12)22-18(24)11-23-7-5-16-13(6-9-26-16)19(23)17-2-1-8-25-17/h1-4,6,8-10,19H,5,7,11H2,(H,22,24)/p+1/t19-/m1/s1. The number of fused-ring (bicyclic) bond motifs is 1. The Balaban J connectivity index is 1.55. The highest BCUT2D eigenvalue weighted by Crippen LogP contribution is 2.31. The summed E-state index contributed by atoms with van der Waals surface area (Å²) in [5.41, 5.74) is 1.15. The summed E-state index contributed by atoms with van der Waals surface area (Å²) in [7, 11) is 0. The lowest BCUT2D eigenvalue weighted by Gasteiger charge is -2.31. The van der Waals surface area contributed by atoms with E-state index in [-0.39, 0.29) is 24.2 Å². The van der Waals surface area contributed by atoms with Crippen LogP contribution in [0.3, 0.4) is 0 Å². The van der Waals surface area contributed by atoms with Gasteiger partial charge in [0.2, 0.25) is 0 Å². The number of carbonyl (C=O) groups excluding carboxylic acids is 1. The van der Waals surface area contributed by atoms with Crippen molar-refractivity contribution in [1.29, 1.82) is 0 Å². The van der Waals surface area contributed by atoms with Crippen molar-refractivity contribution in [2.75, 3.05) is 18.4 Å². The van der Waals surface area contributed by atoms with Crippen LogP contribution >= 0.6 is 22.7 Å². The van der Waals surface area contributed by atoms with Gasteiger partial charge < -0.3 is 10.2 Å². The third-order valence-corrected chi connectivity index (χ3v) is 6.52. The van der Waals surface area contributed by atoms with Gasteiger partial charge in [-0.2, -0.15) is 0 Å². The van der Waals surface area contributed by atoms with Crippen LogP contribution in [0.2, 0.25) is 0 Å². The zero-order chi connectivity index (χ0) is 18.1. The van der Waals surface area contributed by atoms with Crippen LogP contribution in [0.5, 0.6) is 0 Å². The van der Waals surface area contributed by atoms with Crippen molar-refractivity contribution < 1.29 is 18.5 Å². The van der Waals surface area contributed by atoms with Gasteiger partial charge in [-0.3, -0.25) is 4.79 Å². The Morgan fingerprint density at radius 2 is 2.08 bits per heavy atom. The minimum absolute atomic E-state index is 0.105. The summed E-state index contributed by atoms with van der Waals surface area (Å²) < 4.78 is 27.1. The van der Waals surface area contributed by atoms with Gasteiger partial charge in [0.15, 0.2) is 6.54 Å². The largest absolute Gasteiger partial charge is 0.319 e. The fourth-order valence-electron chi connectivity index (χ4n) is 3.44. The molecule has 0 radical (unpaired) electrons. The van der Waals surface area contributed by atoms with Crippen molar-refractivity contribution in [3.63, 3.8) is 0 Å².